The first kappa shape index (κ1) is 11.2. The van der Waals surface area contributed by atoms with Gasteiger partial charge in [0.15, 0.2) is 0 Å². The number of ether oxygens (including phenoxy) is 2. The topological polar surface area (TPSA) is 48.7 Å². The van der Waals surface area contributed by atoms with Crippen molar-refractivity contribution in [2.75, 3.05) is 13.2 Å². The van der Waals surface area contributed by atoms with Crippen LogP contribution in [0.5, 0.6) is 0 Å². The molecule has 0 spiro atoms. The van der Waals surface area contributed by atoms with Gasteiger partial charge in [0.2, 0.25) is 0 Å². The highest BCUT2D eigenvalue weighted by Gasteiger charge is 2.17. The minimum atomic E-state index is -0.188. The van der Waals surface area contributed by atoms with E-state index in [2.05, 4.69) is 0 Å². The summed E-state index contributed by atoms with van der Waals surface area (Å²) in [4.78, 5) is 11.4. The van der Waals surface area contributed by atoms with Gasteiger partial charge in [0.05, 0.1) is 18.8 Å². The predicted octanol–water partition coefficient (Wildman–Crippen LogP) is 1.93. The van der Waals surface area contributed by atoms with Gasteiger partial charge in [-0.3, -0.25) is 4.79 Å². The number of esters is 1. The van der Waals surface area contributed by atoms with Crippen molar-refractivity contribution in [2.45, 2.75) is 31.8 Å². The second-order valence-corrected chi connectivity index (χ2v) is 3.90. The Bertz CT molecular complexity index is 312. The number of carbonyl (C=O) groups excluding carboxylic acids is 1. The molecular formula is C12H16O4. The summed E-state index contributed by atoms with van der Waals surface area (Å²) in [5.74, 6) is 0.626. The maximum absolute atomic E-state index is 11.4. The first-order valence-corrected chi connectivity index (χ1v) is 5.64. The van der Waals surface area contributed by atoms with Gasteiger partial charge in [-0.2, -0.15) is 0 Å². The molecule has 4 heteroatoms. The van der Waals surface area contributed by atoms with Crippen molar-refractivity contribution in [3.05, 3.63) is 24.2 Å². The molecule has 0 N–H and O–H groups in total. The number of furan rings is 1. The van der Waals surface area contributed by atoms with Gasteiger partial charge >= 0.3 is 5.97 Å². The van der Waals surface area contributed by atoms with Gasteiger partial charge in [0.25, 0.3) is 0 Å². The molecule has 1 aliphatic rings. The first-order valence-electron chi connectivity index (χ1n) is 5.64. The largest absolute Gasteiger partial charge is 0.469 e. The molecule has 1 unspecified atom stereocenters. The van der Waals surface area contributed by atoms with E-state index in [0.29, 0.717) is 19.4 Å². The summed E-state index contributed by atoms with van der Waals surface area (Å²) in [6.45, 7) is 1.17. The highest BCUT2D eigenvalue weighted by atomic mass is 16.6. The number of hydrogen-bond acceptors (Lipinski definition) is 4. The lowest BCUT2D eigenvalue weighted by Gasteiger charge is -2.09. The van der Waals surface area contributed by atoms with Crippen LogP contribution in [0.15, 0.2) is 22.8 Å². The van der Waals surface area contributed by atoms with Crippen molar-refractivity contribution in [3.8, 4) is 0 Å². The van der Waals surface area contributed by atoms with E-state index in [0.717, 1.165) is 25.2 Å². The lowest BCUT2D eigenvalue weighted by molar-refractivity contribution is -0.146. The molecular weight excluding hydrogens is 208 g/mol. The van der Waals surface area contributed by atoms with Gasteiger partial charge in [-0.05, 0) is 25.0 Å². The van der Waals surface area contributed by atoms with Crippen molar-refractivity contribution < 1.29 is 18.7 Å². The zero-order chi connectivity index (χ0) is 11.2. The molecule has 0 radical (unpaired) electrons. The van der Waals surface area contributed by atoms with E-state index in [4.69, 9.17) is 13.9 Å². The third-order valence-electron chi connectivity index (χ3n) is 2.61. The molecule has 4 nitrogen and oxygen atoms in total. The van der Waals surface area contributed by atoms with Crippen LogP contribution < -0.4 is 0 Å². The summed E-state index contributed by atoms with van der Waals surface area (Å²) < 4.78 is 15.6. The number of hydrogen-bond donors (Lipinski definition) is 0. The summed E-state index contributed by atoms with van der Waals surface area (Å²) in [6.07, 6.45) is 4.72. The molecule has 0 aromatic carbocycles. The minimum absolute atomic E-state index is 0.104. The van der Waals surface area contributed by atoms with Crippen LogP contribution in [0.1, 0.15) is 25.0 Å². The van der Waals surface area contributed by atoms with Crippen molar-refractivity contribution in [1.82, 2.24) is 0 Å². The second-order valence-electron chi connectivity index (χ2n) is 3.90. The van der Waals surface area contributed by atoms with Gasteiger partial charge in [0, 0.05) is 13.0 Å². The fourth-order valence-corrected chi connectivity index (χ4v) is 1.71. The molecule has 0 aliphatic carbocycles. The third kappa shape index (κ3) is 3.38. The molecule has 1 fully saturated rings. The quantitative estimate of drug-likeness (QED) is 0.717. The molecule has 1 saturated heterocycles. The number of rotatable bonds is 5. The van der Waals surface area contributed by atoms with Crippen LogP contribution in [0.3, 0.4) is 0 Å². The Kier molecular flexibility index (Phi) is 3.99. The molecule has 1 atom stereocenters. The van der Waals surface area contributed by atoms with Crippen LogP contribution in [0.2, 0.25) is 0 Å². The lowest BCUT2D eigenvalue weighted by atomic mass is 10.2. The average molecular weight is 224 g/mol. The van der Waals surface area contributed by atoms with Crippen LogP contribution in [0.4, 0.5) is 0 Å². The van der Waals surface area contributed by atoms with Crippen molar-refractivity contribution in [3.63, 3.8) is 0 Å². The lowest BCUT2D eigenvalue weighted by Crippen LogP contribution is -2.17. The summed E-state index contributed by atoms with van der Waals surface area (Å²) in [6, 6.07) is 3.67. The normalized spacial score (nSPS) is 19.9. The molecule has 1 aromatic heterocycles. The van der Waals surface area contributed by atoms with Crippen molar-refractivity contribution in [2.24, 2.45) is 0 Å². The summed E-state index contributed by atoms with van der Waals surface area (Å²) in [7, 11) is 0. The van der Waals surface area contributed by atoms with E-state index < -0.39 is 0 Å². The zero-order valence-corrected chi connectivity index (χ0v) is 9.19. The maximum Gasteiger partial charge on any atom is 0.306 e. The van der Waals surface area contributed by atoms with Crippen molar-refractivity contribution >= 4 is 5.97 Å². The molecule has 0 bridgehead atoms. The summed E-state index contributed by atoms with van der Waals surface area (Å²) >= 11 is 0. The predicted molar refractivity (Wildman–Crippen MR) is 57.0 cm³/mol. The fraction of sp³-hybridized carbons (Fsp3) is 0.583. The Morgan fingerprint density at radius 1 is 1.56 bits per heavy atom. The second kappa shape index (κ2) is 5.70. The molecule has 88 valence electrons. The summed E-state index contributed by atoms with van der Waals surface area (Å²) in [5, 5.41) is 0. The van der Waals surface area contributed by atoms with E-state index in [1.807, 2.05) is 12.1 Å². The first-order chi connectivity index (χ1) is 7.84. The Hall–Kier alpha value is -1.29. The molecule has 16 heavy (non-hydrogen) atoms. The fourth-order valence-electron chi connectivity index (χ4n) is 1.71. The summed E-state index contributed by atoms with van der Waals surface area (Å²) in [5.41, 5.74) is 0. The molecule has 1 aliphatic heterocycles. The Morgan fingerprint density at radius 2 is 2.50 bits per heavy atom. The van der Waals surface area contributed by atoms with Crippen LogP contribution >= 0.6 is 0 Å². The third-order valence-corrected chi connectivity index (χ3v) is 2.61. The van der Waals surface area contributed by atoms with Crippen LogP contribution in [-0.2, 0) is 20.7 Å². The Morgan fingerprint density at radius 3 is 3.19 bits per heavy atom. The van der Waals surface area contributed by atoms with Gasteiger partial charge in [-0.1, -0.05) is 0 Å². The van der Waals surface area contributed by atoms with Gasteiger partial charge < -0.3 is 13.9 Å². The Labute approximate surface area is 94.5 Å². The standard InChI is InChI=1S/C12H16O4/c13-12(6-5-10-3-1-7-14-10)16-9-11-4-2-8-15-11/h1,3,7,11H,2,4-6,8-9H2. The molecule has 1 aromatic rings. The number of carbonyl (C=O) groups is 1. The zero-order valence-electron chi connectivity index (χ0n) is 9.19. The monoisotopic (exact) mass is 224 g/mol. The van der Waals surface area contributed by atoms with E-state index in [-0.39, 0.29) is 12.1 Å². The number of aryl methyl sites for hydroxylation is 1. The van der Waals surface area contributed by atoms with Crippen molar-refractivity contribution in [1.29, 1.82) is 0 Å². The van der Waals surface area contributed by atoms with E-state index in [9.17, 15) is 4.79 Å². The van der Waals surface area contributed by atoms with E-state index in [1.54, 1.807) is 6.26 Å². The molecule has 0 amide bonds. The maximum atomic E-state index is 11.4. The van der Waals surface area contributed by atoms with Crippen LogP contribution in [0.25, 0.3) is 0 Å². The molecule has 2 heterocycles. The van der Waals surface area contributed by atoms with Crippen LogP contribution in [-0.4, -0.2) is 25.3 Å². The molecule has 0 saturated carbocycles. The van der Waals surface area contributed by atoms with E-state index >= 15 is 0 Å². The minimum Gasteiger partial charge on any atom is -0.469 e. The highest BCUT2D eigenvalue weighted by molar-refractivity contribution is 5.69. The van der Waals surface area contributed by atoms with Gasteiger partial charge in [-0.25, -0.2) is 0 Å². The van der Waals surface area contributed by atoms with E-state index in [1.165, 1.54) is 0 Å². The Balaban J connectivity index is 1.60. The van der Waals surface area contributed by atoms with Crippen LogP contribution in [0, 0.1) is 0 Å². The molecule has 2 rings (SSSR count). The highest BCUT2D eigenvalue weighted by Crippen LogP contribution is 2.12. The smallest absolute Gasteiger partial charge is 0.306 e. The van der Waals surface area contributed by atoms with Gasteiger partial charge in [0.1, 0.15) is 12.4 Å². The van der Waals surface area contributed by atoms with Gasteiger partial charge in [-0.15, -0.1) is 0 Å². The average Bonchev–Trinajstić information content (AvgIpc) is 2.96. The SMILES string of the molecule is O=C(CCc1ccco1)OCC1CCCO1.